The molecule has 0 aliphatic heterocycles. The van der Waals surface area contributed by atoms with Crippen molar-refractivity contribution in [2.75, 3.05) is 6.26 Å². The van der Waals surface area contributed by atoms with Gasteiger partial charge in [-0.25, -0.2) is 9.97 Å². The molecule has 2 heterocycles. The summed E-state index contributed by atoms with van der Waals surface area (Å²) >= 11 is 8.13. The van der Waals surface area contributed by atoms with Crippen LogP contribution < -0.4 is 0 Å². The number of alkyl halides is 1. The lowest BCUT2D eigenvalue weighted by Crippen LogP contribution is -2.09. The number of aryl methyl sites for hydroxylation is 2. The number of rotatable bonds is 5. The number of imidazole rings is 1. The predicted molar refractivity (Wildman–Crippen MR) is 84.1 cm³/mol. The standard InChI is InChI=1S/C14H20ClN3S/c1-9-7-12-14(16-8-9)18(6-5-10(2)19-4)13(17-12)11(3)15/h7-8,10-11H,5-6H2,1-4H3. The van der Waals surface area contributed by atoms with Crippen molar-refractivity contribution in [2.45, 2.75) is 44.4 Å². The van der Waals surface area contributed by atoms with Gasteiger partial charge < -0.3 is 4.57 Å². The van der Waals surface area contributed by atoms with Crippen molar-refractivity contribution in [3.63, 3.8) is 0 Å². The molecule has 0 N–H and O–H groups in total. The topological polar surface area (TPSA) is 30.7 Å². The average molecular weight is 298 g/mol. The Labute approximate surface area is 123 Å². The highest BCUT2D eigenvalue weighted by Gasteiger charge is 2.16. The third-order valence-electron chi connectivity index (χ3n) is 3.27. The number of fused-ring (bicyclic) bond motifs is 1. The van der Waals surface area contributed by atoms with Crippen molar-refractivity contribution < 1.29 is 0 Å². The second-order valence-corrected chi connectivity index (χ2v) is 6.86. The maximum Gasteiger partial charge on any atom is 0.160 e. The molecule has 2 aromatic heterocycles. The van der Waals surface area contributed by atoms with Gasteiger partial charge in [0.1, 0.15) is 11.3 Å². The van der Waals surface area contributed by atoms with Crippen molar-refractivity contribution >= 4 is 34.5 Å². The minimum Gasteiger partial charge on any atom is -0.311 e. The zero-order chi connectivity index (χ0) is 14.0. The number of hydrogen-bond acceptors (Lipinski definition) is 3. The molecule has 0 aromatic carbocycles. The summed E-state index contributed by atoms with van der Waals surface area (Å²) in [4.78, 5) is 9.16. The number of hydrogen-bond donors (Lipinski definition) is 0. The number of nitrogens with zero attached hydrogens (tertiary/aromatic N) is 3. The highest BCUT2D eigenvalue weighted by Crippen LogP contribution is 2.25. The molecular formula is C14H20ClN3S. The Kier molecular flexibility index (Phi) is 4.74. The van der Waals surface area contributed by atoms with Gasteiger partial charge in [0.2, 0.25) is 0 Å². The Hall–Kier alpha value is -0.740. The SMILES string of the molecule is CSC(C)CCn1c(C(C)Cl)nc2cc(C)cnc21. The summed E-state index contributed by atoms with van der Waals surface area (Å²) in [6, 6.07) is 2.07. The fourth-order valence-electron chi connectivity index (χ4n) is 2.08. The molecule has 0 radical (unpaired) electrons. The molecule has 0 amide bonds. The first-order chi connectivity index (χ1) is 9.02. The van der Waals surface area contributed by atoms with Crippen molar-refractivity contribution in [1.82, 2.24) is 14.5 Å². The van der Waals surface area contributed by atoms with E-state index in [1.165, 1.54) is 0 Å². The van der Waals surface area contributed by atoms with Gasteiger partial charge in [0, 0.05) is 18.0 Å². The van der Waals surface area contributed by atoms with E-state index in [1.54, 1.807) is 0 Å². The summed E-state index contributed by atoms with van der Waals surface area (Å²) in [6.45, 7) is 7.15. The minimum atomic E-state index is -0.0981. The van der Waals surface area contributed by atoms with Crippen LogP contribution in [-0.2, 0) is 6.54 Å². The molecule has 2 atom stereocenters. The number of aromatic nitrogens is 3. The first-order valence-corrected chi connectivity index (χ1v) is 8.25. The van der Waals surface area contributed by atoms with Gasteiger partial charge in [-0.1, -0.05) is 6.92 Å². The third kappa shape index (κ3) is 3.23. The fourth-order valence-corrected chi connectivity index (χ4v) is 2.59. The lowest BCUT2D eigenvalue weighted by Gasteiger charge is -2.12. The fraction of sp³-hybridized carbons (Fsp3) is 0.571. The lowest BCUT2D eigenvalue weighted by molar-refractivity contribution is 0.620. The molecule has 0 aliphatic carbocycles. The lowest BCUT2D eigenvalue weighted by atomic mass is 10.3. The van der Waals surface area contributed by atoms with E-state index in [9.17, 15) is 0 Å². The number of thioether (sulfide) groups is 1. The molecule has 19 heavy (non-hydrogen) atoms. The molecule has 0 aliphatic rings. The summed E-state index contributed by atoms with van der Waals surface area (Å²) in [6.07, 6.45) is 5.13. The molecule has 5 heteroatoms. The molecule has 2 unspecified atom stereocenters. The van der Waals surface area contributed by atoms with E-state index in [0.717, 1.165) is 35.5 Å². The van der Waals surface area contributed by atoms with Crippen LogP contribution in [0.1, 0.15) is 37.0 Å². The maximum atomic E-state index is 6.25. The van der Waals surface area contributed by atoms with Crippen molar-refractivity contribution in [3.05, 3.63) is 23.7 Å². The Balaban J connectivity index is 2.40. The highest BCUT2D eigenvalue weighted by atomic mass is 35.5. The zero-order valence-corrected chi connectivity index (χ0v) is 13.4. The van der Waals surface area contributed by atoms with E-state index in [2.05, 4.69) is 33.8 Å². The Morgan fingerprint density at radius 2 is 2.16 bits per heavy atom. The second kappa shape index (κ2) is 6.14. The summed E-state index contributed by atoms with van der Waals surface area (Å²) in [7, 11) is 0. The molecule has 0 bridgehead atoms. The largest absolute Gasteiger partial charge is 0.311 e. The van der Waals surface area contributed by atoms with Crippen LogP contribution in [0.4, 0.5) is 0 Å². The van der Waals surface area contributed by atoms with E-state index < -0.39 is 0 Å². The van der Waals surface area contributed by atoms with Crippen LogP contribution in [0.25, 0.3) is 11.2 Å². The predicted octanol–water partition coefficient (Wildman–Crippen LogP) is 4.18. The quantitative estimate of drug-likeness (QED) is 0.776. The first-order valence-electron chi connectivity index (χ1n) is 6.52. The van der Waals surface area contributed by atoms with Crippen molar-refractivity contribution in [3.8, 4) is 0 Å². The van der Waals surface area contributed by atoms with Crippen LogP contribution in [0.3, 0.4) is 0 Å². The van der Waals surface area contributed by atoms with Gasteiger partial charge in [-0.2, -0.15) is 11.8 Å². The molecule has 2 rings (SSSR count). The Morgan fingerprint density at radius 3 is 2.79 bits per heavy atom. The monoisotopic (exact) mass is 297 g/mol. The first kappa shape index (κ1) is 14.7. The van der Waals surface area contributed by atoms with Crippen LogP contribution in [0.5, 0.6) is 0 Å². The van der Waals surface area contributed by atoms with E-state index in [4.69, 9.17) is 11.6 Å². The summed E-state index contributed by atoms with van der Waals surface area (Å²) < 4.78 is 2.17. The molecule has 0 fully saturated rings. The molecule has 3 nitrogen and oxygen atoms in total. The van der Waals surface area contributed by atoms with Gasteiger partial charge in [0.15, 0.2) is 5.65 Å². The molecule has 0 spiro atoms. The molecule has 2 aromatic rings. The third-order valence-corrected chi connectivity index (χ3v) is 4.50. The van der Waals surface area contributed by atoms with Crippen LogP contribution in [0.15, 0.2) is 12.3 Å². The van der Waals surface area contributed by atoms with Gasteiger partial charge >= 0.3 is 0 Å². The van der Waals surface area contributed by atoms with Gasteiger partial charge in [0.05, 0.1) is 5.38 Å². The zero-order valence-electron chi connectivity index (χ0n) is 11.9. The molecular weight excluding hydrogens is 278 g/mol. The minimum absolute atomic E-state index is 0.0981. The molecule has 0 saturated heterocycles. The number of halogens is 1. The molecule has 0 saturated carbocycles. The highest BCUT2D eigenvalue weighted by molar-refractivity contribution is 7.99. The van der Waals surface area contributed by atoms with Gasteiger partial charge in [-0.15, -0.1) is 11.6 Å². The Bertz CT molecular complexity index is 565. The molecule has 104 valence electrons. The average Bonchev–Trinajstić information content (AvgIpc) is 2.73. The normalized spacial score (nSPS) is 14.8. The van der Waals surface area contributed by atoms with Crippen LogP contribution >= 0.6 is 23.4 Å². The summed E-state index contributed by atoms with van der Waals surface area (Å²) in [5.41, 5.74) is 3.02. The number of pyridine rings is 1. The van der Waals surface area contributed by atoms with Crippen LogP contribution in [-0.4, -0.2) is 26.0 Å². The van der Waals surface area contributed by atoms with Crippen molar-refractivity contribution in [1.29, 1.82) is 0 Å². The van der Waals surface area contributed by atoms with E-state index in [0.29, 0.717) is 5.25 Å². The summed E-state index contributed by atoms with van der Waals surface area (Å²) in [5, 5.41) is 0.528. The summed E-state index contributed by atoms with van der Waals surface area (Å²) in [5.74, 6) is 0.920. The Morgan fingerprint density at radius 1 is 1.42 bits per heavy atom. The smallest absolute Gasteiger partial charge is 0.160 e. The van der Waals surface area contributed by atoms with Gasteiger partial charge in [-0.3, -0.25) is 0 Å². The second-order valence-electron chi connectivity index (χ2n) is 4.93. The van der Waals surface area contributed by atoms with Gasteiger partial charge in [-0.05, 0) is 38.2 Å². The van der Waals surface area contributed by atoms with Crippen LogP contribution in [0.2, 0.25) is 0 Å². The van der Waals surface area contributed by atoms with E-state index in [1.807, 2.05) is 31.8 Å². The van der Waals surface area contributed by atoms with E-state index >= 15 is 0 Å². The maximum absolute atomic E-state index is 6.25. The van der Waals surface area contributed by atoms with E-state index in [-0.39, 0.29) is 5.38 Å². The van der Waals surface area contributed by atoms with Gasteiger partial charge in [0.25, 0.3) is 0 Å². The van der Waals surface area contributed by atoms with Crippen LogP contribution in [0, 0.1) is 6.92 Å². The van der Waals surface area contributed by atoms with Crippen molar-refractivity contribution in [2.24, 2.45) is 0 Å².